The van der Waals surface area contributed by atoms with Crippen LogP contribution in [0, 0.1) is 0 Å². The third-order valence-corrected chi connectivity index (χ3v) is 4.17. The number of rotatable bonds is 5. The predicted octanol–water partition coefficient (Wildman–Crippen LogP) is 1.69. The molecule has 2 aromatic rings. The van der Waals surface area contributed by atoms with Crippen molar-refractivity contribution in [2.75, 3.05) is 26.2 Å². The molecule has 1 saturated heterocycles. The lowest BCUT2D eigenvalue weighted by Crippen LogP contribution is -2.40. The number of aromatic nitrogens is 4. The number of likely N-dealkylation sites (tertiary alicyclic amines) is 1. The smallest absolute Gasteiger partial charge is 0.193 e. The summed E-state index contributed by atoms with van der Waals surface area (Å²) >= 11 is 0. The van der Waals surface area contributed by atoms with E-state index in [9.17, 15) is 0 Å². The van der Waals surface area contributed by atoms with Gasteiger partial charge in [-0.05, 0) is 25.0 Å². The Labute approximate surface area is 160 Å². The summed E-state index contributed by atoms with van der Waals surface area (Å²) < 4.78 is 3.79. The number of nitrogens with zero attached hydrogens (tertiary/aromatic N) is 6. The molecule has 24 heavy (non-hydrogen) atoms. The Bertz CT molecular complexity index is 635. The van der Waals surface area contributed by atoms with Gasteiger partial charge in [-0.15, -0.1) is 24.0 Å². The van der Waals surface area contributed by atoms with Gasteiger partial charge in [0.2, 0.25) is 0 Å². The maximum Gasteiger partial charge on any atom is 0.193 e. The van der Waals surface area contributed by atoms with Crippen molar-refractivity contribution in [1.82, 2.24) is 29.8 Å². The molecule has 2 aromatic heterocycles. The van der Waals surface area contributed by atoms with Gasteiger partial charge in [0.05, 0.1) is 19.3 Å². The molecule has 0 saturated carbocycles. The van der Waals surface area contributed by atoms with E-state index < -0.39 is 0 Å². The van der Waals surface area contributed by atoms with Crippen molar-refractivity contribution in [3.05, 3.63) is 36.4 Å². The molecule has 0 aromatic carbocycles. The molecule has 7 nitrogen and oxygen atoms in total. The summed E-state index contributed by atoms with van der Waals surface area (Å²) in [4.78, 5) is 7.10. The Morgan fingerprint density at radius 1 is 1.42 bits per heavy atom. The summed E-state index contributed by atoms with van der Waals surface area (Å²) in [6.07, 6.45) is 9.02. The summed E-state index contributed by atoms with van der Waals surface area (Å²) in [5.41, 5.74) is 1.32. The number of nitrogens with one attached hydrogen (secondary N) is 1. The van der Waals surface area contributed by atoms with Crippen molar-refractivity contribution >= 4 is 29.9 Å². The van der Waals surface area contributed by atoms with Crippen molar-refractivity contribution in [3.8, 4) is 0 Å². The van der Waals surface area contributed by atoms with Crippen molar-refractivity contribution in [3.63, 3.8) is 0 Å². The summed E-state index contributed by atoms with van der Waals surface area (Å²) in [6.45, 7) is 6.57. The van der Waals surface area contributed by atoms with Crippen LogP contribution in [-0.4, -0.2) is 56.6 Å². The summed E-state index contributed by atoms with van der Waals surface area (Å²) in [7, 11) is 1.97. The first kappa shape index (κ1) is 18.8. The second kappa shape index (κ2) is 9.05. The zero-order valence-corrected chi connectivity index (χ0v) is 16.6. The quantitative estimate of drug-likeness (QED) is 0.434. The highest BCUT2D eigenvalue weighted by Crippen LogP contribution is 2.26. The molecule has 1 aliphatic rings. The average molecular weight is 443 g/mol. The van der Waals surface area contributed by atoms with Gasteiger partial charge in [-0.1, -0.05) is 0 Å². The Morgan fingerprint density at radius 2 is 2.29 bits per heavy atom. The number of hydrogen-bond donors (Lipinski definition) is 1. The SMILES string of the molecule is CCNC(=NCCn1cccn1)N1CCC(c2cnn(C)c2)C1.I. The van der Waals surface area contributed by atoms with Crippen molar-refractivity contribution in [1.29, 1.82) is 0 Å². The molecule has 0 amide bonds. The molecule has 1 aliphatic heterocycles. The molecule has 132 valence electrons. The fourth-order valence-electron chi connectivity index (χ4n) is 2.99. The first-order chi connectivity index (χ1) is 11.3. The minimum atomic E-state index is 0. The van der Waals surface area contributed by atoms with Gasteiger partial charge in [0.15, 0.2) is 5.96 Å². The molecule has 3 heterocycles. The van der Waals surface area contributed by atoms with Crippen molar-refractivity contribution in [2.24, 2.45) is 12.0 Å². The first-order valence-corrected chi connectivity index (χ1v) is 8.25. The van der Waals surface area contributed by atoms with Gasteiger partial charge in [0.25, 0.3) is 0 Å². The molecule has 8 heteroatoms. The van der Waals surface area contributed by atoms with E-state index in [2.05, 4.69) is 33.5 Å². The lowest BCUT2D eigenvalue weighted by atomic mass is 10.0. The zero-order chi connectivity index (χ0) is 16.1. The Kier molecular flexibility index (Phi) is 7.07. The van der Waals surface area contributed by atoms with Gasteiger partial charge in [-0.3, -0.25) is 14.4 Å². The van der Waals surface area contributed by atoms with Crippen LogP contribution in [0.5, 0.6) is 0 Å². The summed E-state index contributed by atoms with van der Waals surface area (Å²) in [6, 6.07) is 1.94. The molecular weight excluding hydrogens is 417 g/mol. The van der Waals surface area contributed by atoms with E-state index in [-0.39, 0.29) is 24.0 Å². The first-order valence-electron chi connectivity index (χ1n) is 8.25. The average Bonchev–Trinajstić information content (AvgIpc) is 3.27. The van der Waals surface area contributed by atoms with Crippen LogP contribution in [0.25, 0.3) is 0 Å². The molecule has 1 N–H and O–H groups in total. The fraction of sp³-hybridized carbons (Fsp3) is 0.562. The topological polar surface area (TPSA) is 63.3 Å². The van der Waals surface area contributed by atoms with E-state index >= 15 is 0 Å². The van der Waals surface area contributed by atoms with Gasteiger partial charge in [-0.25, -0.2) is 0 Å². The van der Waals surface area contributed by atoms with Crippen molar-refractivity contribution in [2.45, 2.75) is 25.8 Å². The lowest BCUT2D eigenvalue weighted by Gasteiger charge is -2.21. The van der Waals surface area contributed by atoms with Crippen LogP contribution >= 0.6 is 24.0 Å². The second-order valence-corrected chi connectivity index (χ2v) is 5.88. The molecule has 0 spiro atoms. The molecule has 1 atom stereocenters. The molecule has 3 rings (SSSR count). The maximum absolute atomic E-state index is 4.75. The van der Waals surface area contributed by atoms with E-state index in [0.717, 1.165) is 45.1 Å². The summed E-state index contributed by atoms with van der Waals surface area (Å²) in [5.74, 6) is 1.55. The minimum Gasteiger partial charge on any atom is -0.357 e. The van der Waals surface area contributed by atoms with Crippen molar-refractivity contribution < 1.29 is 0 Å². The standard InChI is InChI=1S/C16H25N7.HI/c1-3-17-16(18-7-10-23-8-4-6-19-23)22-9-5-14(13-22)15-11-20-21(2)12-15;/h4,6,8,11-12,14H,3,5,7,9-10,13H2,1-2H3,(H,17,18);1H. The van der Waals surface area contributed by atoms with Crippen LogP contribution in [0.3, 0.4) is 0 Å². The van der Waals surface area contributed by atoms with Gasteiger partial charge in [-0.2, -0.15) is 10.2 Å². The molecular formula is C16H26IN7. The van der Waals surface area contributed by atoms with E-state index in [0.29, 0.717) is 5.92 Å². The monoisotopic (exact) mass is 443 g/mol. The number of guanidine groups is 1. The Hall–Kier alpha value is -1.58. The van der Waals surface area contributed by atoms with Gasteiger partial charge in [0, 0.05) is 51.2 Å². The van der Waals surface area contributed by atoms with E-state index in [1.165, 1.54) is 5.56 Å². The van der Waals surface area contributed by atoms with E-state index in [1.54, 1.807) is 6.20 Å². The highest BCUT2D eigenvalue weighted by Gasteiger charge is 2.26. The summed E-state index contributed by atoms with van der Waals surface area (Å²) in [5, 5.41) is 11.9. The lowest BCUT2D eigenvalue weighted by molar-refractivity contribution is 0.483. The molecule has 0 radical (unpaired) electrons. The van der Waals surface area contributed by atoms with Crippen LogP contribution < -0.4 is 5.32 Å². The number of halogens is 1. The molecule has 0 aliphatic carbocycles. The highest BCUT2D eigenvalue weighted by atomic mass is 127. The van der Waals surface area contributed by atoms with Crippen LogP contribution in [0.1, 0.15) is 24.8 Å². The van der Waals surface area contributed by atoms with Gasteiger partial charge >= 0.3 is 0 Å². The molecule has 0 bridgehead atoms. The predicted molar refractivity (Wildman–Crippen MR) is 106 cm³/mol. The largest absolute Gasteiger partial charge is 0.357 e. The maximum atomic E-state index is 4.75. The Morgan fingerprint density at radius 3 is 2.96 bits per heavy atom. The van der Waals surface area contributed by atoms with Gasteiger partial charge < -0.3 is 10.2 Å². The van der Waals surface area contributed by atoms with Crippen LogP contribution in [0.15, 0.2) is 35.8 Å². The van der Waals surface area contributed by atoms with Crippen LogP contribution in [0.2, 0.25) is 0 Å². The second-order valence-electron chi connectivity index (χ2n) is 5.88. The fourth-order valence-corrected chi connectivity index (χ4v) is 2.99. The Balaban J connectivity index is 0.00000208. The third-order valence-electron chi connectivity index (χ3n) is 4.17. The van der Waals surface area contributed by atoms with Crippen LogP contribution in [0.4, 0.5) is 0 Å². The minimum absolute atomic E-state index is 0. The zero-order valence-electron chi connectivity index (χ0n) is 14.3. The van der Waals surface area contributed by atoms with Gasteiger partial charge in [0.1, 0.15) is 0 Å². The molecule has 1 unspecified atom stereocenters. The number of aliphatic imine (C=N–C) groups is 1. The molecule has 1 fully saturated rings. The van der Waals surface area contributed by atoms with E-state index in [4.69, 9.17) is 4.99 Å². The normalized spacial score (nSPS) is 17.8. The number of hydrogen-bond acceptors (Lipinski definition) is 3. The van der Waals surface area contributed by atoms with Crippen LogP contribution in [-0.2, 0) is 13.6 Å². The number of aryl methyl sites for hydroxylation is 1. The third kappa shape index (κ3) is 4.71. The van der Waals surface area contributed by atoms with E-state index in [1.807, 2.05) is 34.9 Å². The highest BCUT2D eigenvalue weighted by molar-refractivity contribution is 14.0.